The number of halogens is 2. The molecule has 0 bridgehead atoms. The van der Waals surface area contributed by atoms with Crippen molar-refractivity contribution < 1.29 is 27.7 Å². The number of nitrogens with zero attached hydrogens (tertiary/aromatic N) is 4. The van der Waals surface area contributed by atoms with Gasteiger partial charge < -0.3 is 23.8 Å². The molecule has 4 aromatic rings. The fourth-order valence-electron chi connectivity index (χ4n) is 4.32. The van der Waals surface area contributed by atoms with Crippen molar-refractivity contribution in [1.29, 1.82) is 0 Å². The number of fused-ring (bicyclic) bond motifs is 1. The number of rotatable bonds is 13. The quantitative estimate of drug-likeness (QED) is 0.111. The van der Waals surface area contributed by atoms with Crippen molar-refractivity contribution in [3.05, 3.63) is 65.4 Å². The number of aromatic nitrogens is 4. The molecule has 0 saturated heterocycles. The molecule has 0 aliphatic heterocycles. The van der Waals surface area contributed by atoms with Crippen LogP contribution in [0.3, 0.4) is 0 Å². The molecule has 1 amide bonds. The predicted molar refractivity (Wildman–Crippen MR) is 153 cm³/mol. The lowest BCUT2D eigenvalue weighted by molar-refractivity contribution is -0.0210. The zero-order valence-electron chi connectivity index (χ0n) is 21.2. The van der Waals surface area contributed by atoms with E-state index in [0.717, 1.165) is 29.5 Å². The highest BCUT2D eigenvalue weighted by atomic mass is 127. The van der Waals surface area contributed by atoms with Crippen molar-refractivity contribution in [1.82, 2.24) is 19.5 Å². The molecule has 0 spiro atoms. The highest BCUT2D eigenvalue weighted by Gasteiger charge is 2.35. The number of hydrogen-bond donors (Lipinski definition) is 1. The summed E-state index contributed by atoms with van der Waals surface area (Å²) in [5.41, 5.74) is 4.29. The van der Waals surface area contributed by atoms with Gasteiger partial charge in [0.1, 0.15) is 18.0 Å². The summed E-state index contributed by atoms with van der Waals surface area (Å²) in [7, 11) is 0. The first kappa shape index (κ1) is 28.0. The van der Waals surface area contributed by atoms with E-state index in [0.29, 0.717) is 55.0 Å². The zero-order valence-corrected chi connectivity index (χ0v) is 24.4. The molecule has 1 unspecified atom stereocenters. The van der Waals surface area contributed by atoms with Crippen LogP contribution in [0.4, 0.5) is 10.1 Å². The Morgan fingerprint density at radius 2 is 2.13 bits per heavy atom. The van der Waals surface area contributed by atoms with E-state index in [9.17, 15) is 9.18 Å². The first-order valence-corrected chi connectivity index (χ1v) is 16.5. The van der Waals surface area contributed by atoms with Gasteiger partial charge in [-0.05, 0) is 71.1 Å². The lowest BCUT2D eigenvalue weighted by Crippen LogP contribution is -2.30. The predicted octanol–water partition coefficient (Wildman–Crippen LogP) is 5.65. The van der Waals surface area contributed by atoms with Crippen LogP contribution in [0.5, 0.6) is 0 Å². The number of alkyl halides is 1. The van der Waals surface area contributed by atoms with Crippen molar-refractivity contribution >= 4 is 45.7 Å². The lowest BCUT2D eigenvalue weighted by atomic mass is 9.82. The van der Waals surface area contributed by atoms with Crippen molar-refractivity contribution in [2.75, 3.05) is 31.8 Å². The standard InChI is InChI=1S/C26H28FIN5O5P/c1-16-2-3-18(24-31-26(38-32-24)19-11-20(12-19)36-7-5-27)13-21(16)30-25(34)22-14-29-23-10-17(4-6-33(22)23)15-35-8-9-37-39-28/h2-4,6,10,13-14,19-20,39H,5,7-9,11-12,15H2,1H3,(H,30,34). The maximum atomic E-state index is 13.2. The third kappa shape index (κ3) is 6.80. The second-order valence-electron chi connectivity index (χ2n) is 9.17. The van der Waals surface area contributed by atoms with Gasteiger partial charge in [-0.2, -0.15) is 4.98 Å². The van der Waals surface area contributed by atoms with E-state index < -0.39 is 6.67 Å². The molecular weight excluding hydrogens is 639 g/mol. The van der Waals surface area contributed by atoms with Gasteiger partial charge in [-0.25, -0.2) is 9.37 Å². The number of hydrogen-bond acceptors (Lipinski definition) is 8. The molecule has 206 valence electrons. The smallest absolute Gasteiger partial charge is 0.274 e. The number of nitrogens with one attached hydrogen (secondary N) is 1. The molecule has 3 heterocycles. The maximum Gasteiger partial charge on any atom is 0.274 e. The molecular formula is C26H28FIN5O5P. The summed E-state index contributed by atoms with van der Waals surface area (Å²) in [6.45, 7) is 3.49. The van der Waals surface area contributed by atoms with Gasteiger partial charge in [-0.1, -0.05) is 17.3 Å². The van der Waals surface area contributed by atoms with Crippen LogP contribution in [0.15, 0.2) is 47.2 Å². The van der Waals surface area contributed by atoms with Gasteiger partial charge in [0.2, 0.25) is 11.7 Å². The summed E-state index contributed by atoms with van der Waals surface area (Å²) in [6, 6.07) is 9.42. The van der Waals surface area contributed by atoms with Crippen LogP contribution in [0, 0.1) is 6.92 Å². The van der Waals surface area contributed by atoms with Gasteiger partial charge >= 0.3 is 0 Å². The normalized spacial score (nSPS) is 17.2. The van der Waals surface area contributed by atoms with Crippen LogP contribution in [0.2, 0.25) is 0 Å². The van der Waals surface area contributed by atoms with E-state index in [1.54, 1.807) is 10.6 Å². The van der Waals surface area contributed by atoms with Gasteiger partial charge in [0.05, 0.1) is 45.2 Å². The number of aryl methyl sites for hydroxylation is 1. The fourth-order valence-corrected chi connectivity index (χ4v) is 5.15. The Hall–Kier alpha value is -2.51. The van der Waals surface area contributed by atoms with Gasteiger partial charge in [-0.15, -0.1) is 0 Å². The molecule has 10 nitrogen and oxygen atoms in total. The number of carbonyl (C=O) groups is 1. The summed E-state index contributed by atoms with van der Waals surface area (Å²) in [6.07, 6.45) is 4.87. The average molecular weight is 667 g/mol. The Morgan fingerprint density at radius 1 is 1.26 bits per heavy atom. The van der Waals surface area contributed by atoms with Crippen LogP contribution in [-0.4, -0.2) is 58.0 Å². The van der Waals surface area contributed by atoms with Crippen molar-refractivity contribution in [2.24, 2.45) is 0 Å². The van der Waals surface area contributed by atoms with E-state index in [1.165, 1.54) is 0 Å². The topological polar surface area (TPSA) is 113 Å². The van der Waals surface area contributed by atoms with E-state index in [-0.39, 0.29) is 24.5 Å². The minimum Gasteiger partial charge on any atom is -0.375 e. The first-order chi connectivity index (χ1) is 19.1. The number of benzene rings is 1. The summed E-state index contributed by atoms with van der Waals surface area (Å²) in [5.74, 6) is 0.810. The van der Waals surface area contributed by atoms with Crippen LogP contribution in [0.1, 0.15) is 46.3 Å². The van der Waals surface area contributed by atoms with Gasteiger partial charge in [-0.3, -0.25) is 9.20 Å². The fraction of sp³-hybridized carbons (Fsp3) is 0.385. The molecule has 1 N–H and O–H groups in total. The van der Waals surface area contributed by atoms with E-state index in [1.807, 2.05) is 43.5 Å². The summed E-state index contributed by atoms with van der Waals surface area (Å²) >= 11 is 2.18. The first-order valence-electron chi connectivity index (χ1n) is 12.5. The number of anilines is 1. The van der Waals surface area contributed by atoms with E-state index >= 15 is 0 Å². The minimum absolute atomic E-state index is 0.0347. The Balaban J connectivity index is 1.23. The Labute approximate surface area is 239 Å². The van der Waals surface area contributed by atoms with E-state index in [2.05, 4.69) is 42.5 Å². The van der Waals surface area contributed by atoms with Gasteiger partial charge in [0, 0.05) is 23.4 Å². The van der Waals surface area contributed by atoms with Crippen LogP contribution >= 0.6 is 28.5 Å². The summed E-state index contributed by atoms with van der Waals surface area (Å²) in [5, 5.41) is 7.12. The molecule has 39 heavy (non-hydrogen) atoms. The summed E-state index contributed by atoms with van der Waals surface area (Å²) < 4.78 is 35.8. The number of amides is 1. The maximum absolute atomic E-state index is 13.2. The number of pyridine rings is 1. The minimum atomic E-state index is -0.485. The van der Waals surface area contributed by atoms with Crippen LogP contribution in [-0.2, 0) is 20.6 Å². The Bertz CT molecular complexity index is 1430. The number of carbonyl (C=O) groups excluding carboxylic acids is 1. The Kier molecular flexibility index (Phi) is 9.51. The van der Waals surface area contributed by atoms with Crippen molar-refractivity contribution in [3.8, 4) is 11.4 Å². The second kappa shape index (κ2) is 13.2. The Morgan fingerprint density at radius 3 is 2.95 bits per heavy atom. The molecule has 1 saturated carbocycles. The monoisotopic (exact) mass is 667 g/mol. The largest absolute Gasteiger partial charge is 0.375 e. The second-order valence-corrected chi connectivity index (χ2v) is 10.9. The lowest BCUT2D eigenvalue weighted by Gasteiger charge is -2.32. The van der Waals surface area contributed by atoms with Crippen LogP contribution < -0.4 is 5.32 Å². The van der Waals surface area contributed by atoms with E-state index in [4.69, 9.17) is 18.5 Å². The summed E-state index contributed by atoms with van der Waals surface area (Å²) in [4.78, 5) is 22.2. The molecule has 13 heteroatoms. The highest BCUT2D eigenvalue weighted by molar-refractivity contribution is 14.2. The average Bonchev–Trinajstić information content (AvgIpc) is 3.56. The molecule has 1 aromatic carbocycles. The molecule has 1 aliphatic rings. The molecule has 5 rings (SSSR count). The zero-order chi connectivity index (χ0) is 27.2. The van der Waals surface area contributed by atoms with Gasteiger partial charge in [0.25, 0.3) is 5.91 Å². The number of ether oxygens (including phenoxy) is 2. The third-order valence-electron chi connectivity index (χ3n) is 6.52. The van der Waals surface area contributed by atoms with Crippen molar-refractivity contribution in [2.45, 2.75) is 38.4 Å². The SMILES string of the molecule is Cc1ccc(-c2noc(C3CC(OCCF)C3)n2)cc1NC(=O)c1cnc2cc(COCCOPI)ccn12. The molecule has 0 radical (unpaired) electrons. The third-order valence-corrected chi connectivity index (χ3v) is 7.77. The molecule has 1 aliphatic carbocycles. The molecule has 1 atom stereocenters. The van der Waals surface area contributed by atoms with Crippen LogP contribution in [0.25, 0.3) is 17.0 Å². The molecule has 1 fully saturated rings. The highest BCUT2D eigenvalue weighted by Crippen LogP contribution is 2.38. The van der Waals surface area contributed by atoms with Crippen molar-refractivity contribution in [3.63, 3.8) is 0 Å². The van der Waals surface area contributed by atoms with Gasteiger partial charge in [0.15, 0.2) is 0 Å². The molecule has 3 aromatic heterocycles. The number of imidazole rings is 1.